The second kappa shape index (κ2) is 12.3. The van der Waals surface area contributed by atoms with Gasteiger partial charge in [-0.1, -0.05) is 93.3 Å². The number of rotatable bonds is 8. The Morgan fingerprint density at radius 3 is 2.45 bits per heavy atom. The van der Waals surface area contributed by atoms with E-state index in [4.69, 9.17) is 4.98 Å². The number of imidazole rings is 1. The van der Waals surface area contributed by atoms with Crippen LogP contribution in [0.15, 0.2) is 67.0 Å². The van der Waals surface area contributed by atoms with Crippen molar-refractivity contribution >= 4 is 12.0 Å². The van der Waals surface area contributed by atoms with Gasteiger partial charge in [0, 0.05) is 25.2 Å². The fourth-order valence-electron chi connectivity index (χ4n) is 6.51. The number of aliphatic hydroxyl groups is 1. The molecule has 2 aromatic carbocycles. The SMILES string of the molecule is CCCC[C@@]1(O)CCCC[C@@H]1n1cnc(C(=O)N2CCN(C(=O)O)C[C@H]2Cc2ccccc2)c1-c1ccccc1. The summed E-state index contributed by atoms with van der Waals surface area (Å²) in [6.07, 6.45) is 7.59. The molecule has 2 N–H and O–H groups in total. The van der Waals surface area contributed by atoms with Gasteiger partial charge in [0.15, 0.2) is 5.69 Å². The van der Waals surface area contributed by atoms with Crippen LogP contribution in [-0.2, 0) is 6.42 Å². The lowest BCUT2D eigenvalue weighted by atomic mass is 9.77. The molecule has 2 heterocycles. The Hall–Kier alpha value is -3.65. The number of hydrogen-bond acceptors (Lipinski definition) is 4. The number of aromatic nitrogens is 2. The second-order valence-corrected chi connectivity index (χ2v) is 11.3. The summed E-state index contributed by atoms with van der Waals surface area (Å²) in [5.74, 6) is -0.198. The van der Waals surface area contributed by atoms with Crippen LogP contribution in [0.4, 0.5) is 4.79 Å². The van der Waals surface area contributed by atoms with Gasteiger partial charge in [0.25, 0.3) is 5.91 Å². The third-order valence-electron chi connectivity index (χ3n) is 8.63. The zero-order valence-corrected chi connectivity index (χ0v) is 23.3. The van der Waals surface area contributed by atoms with Crippen molar-refractivity contribution in [3.63, 3.8) is 0 Å². The average Bonchev–Trinajstić information content (AvgIpc) is 3.42. The van der Waals surface area contributed by atoms with E-state index in [0.29, 0.717) is 18.7 Å². The predicted octanol–water partition coefficient (Wildman–Crippen LogP) is 5.63. The first kappa shape index (κ1) is 27.9. The molecule has 2 amide bonds. The van der Waals surface area contributed by atoms with Crippen LogP contribution in [0.3, 0.4) is 0 Å². The Morgan fingerprint density at radius 2 is 1.75 bits per heavy atom. The summed E-state index contributed by atoms with van der Waals surface area (Å²) in [6.45, 7) is 2.94. The predicted molar refractivity (Wildman–Crippen MR) is 154 cm³/mol. The van der Waals surface area contributed by atoms with Crippen LogP contribution in [-0.4, -0.2) is 72.8 Å². The minimum Gasteiger partial charge on any atom is -0.465 e. The molecule has 40 heavy (non-hydrogen) atoms. The molecule has 2 aliphatic rings. The molecule has 1 saturated heterocycles. The fourth-order valence-corrected chi connectivity index (χ4v) is 6.51. The molecule has 2 fully saturated rings. The first-order valence-electron chi connectivity index (χ1n) is 14.6. The van der Waals surface area contributed by atoms with Gasteiger partial charge in [-0.25, -0.2) is 9.78 Å². The molecule has 0 spiro atoms. The number of amides is 2. The zero-order valence-electron chi connectivity index (χ0n) is 23.3. The van der Waals surface area contributed by atoms with Crippen molar-refractivity contribution in [2.24, 2.45) is 0 Å². The number of nitrogens with zero attached hydrogens (tertiary/aromatic N) is 4. The normalized spacial score (nSPS) is 23.2. The minimum absolute atomic E-state index is 0.166. The largest absolute Gasteiger partial charge is 0.465 e. The van der Waals surface area contributed by atoms with Crippen LogP contribution in [0.1, 0.15) is 74.0 Å². The maximum Gasteiger partial charge on any atom is 0.407 e. The summed E-state index contributed by atoms with van der Waals surface area (Å²) < 4.78 is 2.05. The molecule has 0 bridgehead atoms. The van der Waals surface area contributed by atoms with Crippen molar-refractivity contribution in [2.45, 2.75) is 76.0 Å². The van der Waals surface area contributed by atoms with Crippen molar-refractivity contribution in [3.8, 4) is 11.3 Å². The number of carbonyl (C=O) groups is 2. The molecule has 8 heteroatoms. The minimum atomic E-state index is -0.969. The molecule has 3 atom stereocenters. The summed E-state index contributed by atoms with van der Waals surface area (Å²) in [5, 5.41) is 21.6. The lowest BCUT2D eigenvalue weighted by molar-refractivity contribution is -0.0492. The van der Waals surface area contributed by atoms with E-state index in [0.717, 1.165) is 61.8 Å². The van der Waals surface area contributed by atoms with Crippen molar-refractivity contribution in [1.29, 1.82) is 0 Å². The van der Waals surface area contributed by atoms with E-state index in [1.807, 2.05) is 60.7 Å². The van der Waals surface area contributed by atoms with Crippen molar-refractivity contribution in [1.82, 2.24) is 19.4 Å². The number of hydrogen-bond donors (Lipinski definition) is 2. The van der Waals surface area contributed by atoms with Crippen LogP contribution in [0.2, 0.25) is 0 Å². The van der Waals surface area contributed by atoms with E-state index < -0.39 is 11.7 Å². The third-order valence-corrected chi connectivity index (χ3v) is 8.63. The highest BCUT2D eigenvalue weighted by molar-refractivity contribution is 5.98. The van der Waals surface area contributed by atoms with Crippen LogP contribution in [0.25, 0.3) is 11.3 Å². The van der Waals surface area contributed by atoms with E-state index in [-0.39, 0.29) is 31.1 Å². The van der Waals surface area contributed by atoms with Gasteiger partial charge in [-0.15, -0.1) is 0 Å². The lowest BCUT2D eigenvalue weighted by Gasteiger charge is -2.42. The number of unbranched alkanes of at least 4 members (excludes halogenated alkanes) is 1. The monoisotopic (exact) mass is 544 g/mol. The molecule has 0 radical (unpaired) electrons. The van der Waals surface area contributed by atoms with Gasteiger partial charge in [0.2, 0.25) is 0 Å². The van der Waals surface area contributed by atoms with E-state index >= 15 is 0 Å². The molecule has 3 aromatic rings. The maximum atomic E-state index is 14.3. The highest BCUT2D eigenvalue weighted by atomic mass is 16.4. The number of benzene rings is 2. The standard InChI is InChI=1S/C32H40N4O4/c1-2-3-17-32(40)18-11-10-16-27(32)36-23-33-28(29(36)25-14-8-5-9-15-25)30(37)35-20-19-34(31(38)39)22-26(35)21-24-12-6-4-7-13-24/h4-9,12-15,23,26-27,40H,2-3,10-11,16-22H2,1H3,(H,38,39)/t26-,27+,32-/m1/s1. The van der Waals surface area contributed by atoms with Gasteiger partial charge >= 0.3 is 6.09 Å². The molecule has 1 aromatic heterocycles. The van der Waals surface area contributed by atoms with Gasteiger partial charge < -0.3 is 24.6 Å². The lowest BCUT2D eigenvalue weighted by Crippen LogP contribution is -2.57. The van der Waals surface area contributed by atoms with E-state index in [9.17, 15) is 19.8 Å². The van der Waals surface area contributed by atoms with Crippen LogP contribution in [0, 0.1) is 0 Å². The first-order chi connectivity index (χ1) is 19.4. The van der Waals surface area contributed by atoms with Crippen LogP contribution in [0.5, 0.6) is 0 Å². The molecule has 1 aliphatic heterocycles. The smallest absolute Gasteiger partial charge is 0.407 e. The van der Waals surface area contributed by atoms with Gasteiger partial charge in [0.05, 0.1) is 29.7 Å². The Labute approximate surface area is 236 Å². The van der Waals surface area contributed by atoms with Gasteiger partial charge in [0.1, 0.15) is 0 Å². The quantitative estimate of drug-likeness (QED) is 0.383. The molecule has 1 aliphatic carbocycles. The highest BCUT2D eigenvalue weighted by Gasteiger charge is 2.42. The molecule has 8 nitrogen and oxygen atoms in total. The van der Waals surface area contributed by atoms with E-state index in [2.05, 4.69) is 11.5 Å². The maximum absolute atomic E-state index is 14.3. The number of carbonyl (C=O) groups excluding carboxylic acids is 1. The van der Waals surface area contributed by atoms with Gasteiger partial charge in [-0.3, -0.25) is 4.79 Å². The Kier molecular flexibility index (Phi) is 8.54. The Balaban J connectivity index is 1.53. The first-order valence-corrected chi connectivity index (χ1v) is 14.6. The molecule has 5 rings (SSSR count). The summed E-state index contributed by atoms with van der Waals surface area (Å²) >= 11 is 0. The topological polar surface area (TPSA) is 98.9 Å². The van der Waals surface area contributed by atoms with E-state index in [1.54, 1.807) is 11.2 Å². The fraction of sp³-hybridized carbons (Fsp3) is 0.469. The van der Waals surface area contributed by atoms with Crippen LogP contribution >= 0.6 is 0 Å². The Bertz CT molecular complexity index is 1290. The van der Waals surface area contributed by atoms with Crippen molar-refractivity contribution in [3.05, 3.63) is 78.2 Å². The second-order valence-electron chi connectivity index (χ2n) is 11.3. The van der Waals surface area contributed by atoms with Crippen molar-refractivity contribution in [2.75, 3.05) is 19.6 Å². The van der Waals surface area contributed by atoms with Crippen molar-refractivity contribution < 1.29 is 19.8 Å². The molecular formula is C32H40N4O4. The molecule has 212 valence electrons. The molecular weight excluding hydrogens is 504 g/mol. The van der Waals surface area contributed by atoms with Gasteiger partial charge in [-0.05, 0) is 31.2 Å². The van der Waals surface area contributed by atoms with E-state index in [1.165, 1.54) is 4.90 Å². The summed E-state index contributed by atoms with van der Waals surface area (Å²) in [4.78, 5) is 34.1. The summed E-state index contributed by atoms with van der Waals surface area (Å²) in [6, 6.07) is 19.2. The number of piperazine rings is 1. The third kappa shape index (κ3) is 5.77. The summed E-state index contributed by atoms with van der Waals surface area (Å²) in [5.41, 5.74) is 2.18. The Morgan fingerprint density at radius 1 is 1.02 bits per heavy atom. The van der Waals surface area contributed by atoms with Crippen LogP contribution < -0.4 is 0 Å². The number of carboxylic acid groups (broad SMARTS) is 1. The highest BCUT2D eigenvalue weighted by Crippen LogP contribution is 2.43. The molecule has 1 saturated carbocycles. The zero-order chi connectivity index (χ0) is 28.1. The van der Waals surface area contributed by atoms with Gasteiger partial charge in [-0.2, -0.15) is 0 Å². The molecule has 0 unspecified atom stereocenters. The summed E-state index contributed by atoms with van der Waals surface area (Å²) in [7, 11) is 0. The average molecular weight is 545 g/mol.